The third-order valence-corrected chi connectivity index (χ3v) is 7.49. The van der Waals surface area contributed by atoms with Crippen LogP contribution in [0, 0.1) is 0 Å². The van der Waals surface area contributed by atoms with E-state index in [1.54, 1.807) is 19.1 Å². The van der Waals surface area contributed by atoms with Gasteiger partial charge in [0.1, 0.15) is 18.0 Å². The van der Waals surface area contributed by atoms with Gasteiger partial charge in [-0.25, -0.2) is 9.59 Å². The Balaban J connectivity index is 1.68. The molecule has 1 amide bonds. The molecule has 3 aromatic carbocycles. The van der Waals surface area contributed by atoms with Gasteiger partial charge in [0.05, 0.1) is 6.61 Å². The van der Waals surface area contributed by atoms with Gasteiger partial charge in [0.15, 0.2) is 6.10 Å². The van der Waals surface area contributed by atoms with Crippen LogP contribution < -0.4 is 4.74 Å². The summed E-state index contributed by atoms with van der Waals surface area (Å²) >= 11 is 0. The van der Waals surface area contributed by atoms with Crippen molar-refractivity contribution in [2.45, 2.75) is 43.6 Å². The van der Waals surface area contributed by atoms with Crippen LogP contribution in [0.25, 0.3) is 6.08 Å². The van der Waals surface area contributed by atoms with Crippen LogP contribution in [0.3, 0.4) is 0 Å². The average Bonchev–Trinajstić information content (AvgIpc) is 3.49. The molecule has 1 aliphatic heterocycles. The molecule has 1 aliphatic rings. The maximum atomic E-state index is 13.7. The van der Waals surface area contributed by atoms with Gasteiger partial charge in [0.25, 0.3) is 5.91 Å². The Morgan fingerprint density at radius 3 is 2.20 bits per heavy atom. The highest BCUT2D eigenvalue weighted by Crippen LogP contribution is 2.35. The lowest BCUT2D eigenvalue weighted by molar-refractivity contribution is -0.218. The summed E-state index contributed by atoms with van der Waals surface area (Å²) in [6, 6.07) is 23.6. The van der Waals surface area contributed by atoms with Gasteiger partial charge in [-0.05, 0) is 55.2 Å². The topological polar surface area (TPSA) is 160 Å². The molecule has 44 heavy (non-hydrogen) atoms. The minimum Gasteiger partial charge on any atom is -0.480 e. The predicted octanol–water partition coefficient (Wildman–Crippen LogP) is 4.42. The van der Waals surface area contributed by atoms with Crippen molar-refractivity contribution in [1.29, 1.82) is 0 Å². The van der Waals surface area contributed by atoms with Crippen molar-refractivity contribution in [1.82, 2.24) is 4.90 Å². The van der Waals surface area contributed by atoms with Gasteiger partial charge in [-0.3, -0.25) is 9.59 Å². The lowest BCUT2D eigenvalue weighted by Gasteiger charge is -2.35. The van der Waals surface area contributed by atoms with E-state index in [1.807, 2.05) is 72.8 Å². The first-order valence-electron chi connectivity index (χ1n) is 13.9. The summed E-state index contributed by atoms with van der Waals surface area (Å²) in [5.41, 5.74) is 2.49. The number of benzene rings is 3. The number of aryl methyl sites for hydroxylation is 1. The zero-order chi connectivity index (χ0) is 31.9. The van der Waals surface area contributed by atoms with Crippen LogP contribution in [0.2, 0.25) is 0 Å². The van der Waals surface area contributed by atoms with Gasteiger partial charge in [-0.15, -0.1) is 0 Å². The molecule has 1 fully saturated rings. The molecule has 230 valence electrons. The molecule has 0 spiro atoms. The quantitative estimate of drug-likeness (QED) is 0.225. The first kappa shape index (κ1) is 31.9. The summed E-state index contributed by atoms with van der Waals surface area (Å²) in [7, 11) is 0. The molecular formula is C33H33NO10. The molecule has 0 aromatic heterocycles. The number of rotatable bonds is 14. The van der Waals surface area contributed by atoms with Crippen molar-refractivity contribution < 1.29 is 48.7 Å². The molecule has 4 rings (SSSR count). The van der Waals surface area contributed by atoms with Crippen molar-refractivity contribution in [2.24, 2.45) is 0 Å². The van der Waals surface area contributed by atoms with E-state index in [4.69, 9.17) is 14.2 Å². The zero-order valence-electron chi connectivity index (χ0n) is 24.0. The Morgan fingerprint density at radius 2 is 1.64 bits per heavy atom. The number of aliphatic carboxylic acids is 3. The number of carboxylic acids is 3. The van der Waals surface area contributed by atoms with E-state index in [0.29, 0.717) is 29.9 Å². The Hall–Kier alpha value is -5.00. The second-order valence-corrected chi connectivity index (χ2v) is 10.3. The Morgan fingerprint density at radius 1 is 1.00 bits per heavy atom. The van der Waals surface area contributed by atoms with E-state index in [-0.39, 0.29) is 0 Å². The van der Waals surface area contributed by atoms with Gasteiger partial charge in [-0.2, -0.15) is 0 Å². The monoisotopic (exact) mass is 603 g/mol. The van der Waals surface area contributed by atoms with E-state index in [1.165, 1.54) is 0 Å². The molecule has 0 bridgehead atoms. The Kier molecular flexibility index (Phi) is 10.1. The predicted molar refractivity (Wildman–Crippen MR) is 158 cm³/mol. The minimum atomic E-state index is -3.07. The van der Waals surface area contributed by atoms with E-state index in [9.17, 15) is 34.5 Å². The van der Waals surface area contributed by atoms with Crippen molar-refractivity contribution in [2.75, 3.05) is 13.2 Å². The van der Waals surface area contributed by atoms with Gasteiger partial charge < -0.3 is 34.4 Å². The maximum absolute atomic E-state index is 13.7. The van der Waals surface area contributed by atoms with Crippen LogP contribution in [0.1, 0.15) is 36.0 Å². The molecule has 11 heteroatoms. The Bertz CT molecular complexity index is 1490. The van der Waals surface area contributed by atoms with E-state index < -0.39 is 60.8 Å². The molecule has 3 aromatic rings. The fourth-order valence-electron chi connectivity index (χ4n) is 5.19. The number of ether oxygens (including phenoxy) is 3. The average molecular weight is 604 g/mol. The third kappa shape index (κ3) is 7.13. The van der Waals surface area contributed by atoms with Crippen molar-refractivity contribution in [3.05, 3.63) is 102 Å². The standard InChI is InChI=1S/C33H33NO10/c1-3-23-18-24(15-17-27(23)43-25-12-8-5-9-13-25)26(16-14-22-10-6-4-7-11-22)21(2)34(19-29(35)36)30(37)28-20-42-33(44-28,31(38)39)32(40)41/h3-13,15,17-18,21,26,28H,1,14,16,19-20H2,2H3,(H,35,36)(H,38,39)(H,40,41). The summed E-state index contributed by atoms with van der Waals surface area (Å²) in [5.74, 6) is -8.39. The molecular weight excluding hydrogens is 570 g/mol. The van der Waals surface area contributed by atoms with Gasteiger partial charge in [0.2, 0.25) is 0 Å². The highest BCUT2D eigenvalue weighted by Gasteiger charge is 2.58. The highest BCUT2D eigenvalue weighted by atomic mass is 16.8. The van der Waals surface area contributed by atoms with Gasteiger partial charge in [-0.1, -0.05) is 67.3 Å². The van der Waals surface area contributed by atoms with Gasteiger partial charge in [0, 0.05) is 17.5 Å². The van der Waals surface area contributed by atoms with Crippen molar-refractivity contribution >= 4 is 29.9 Å². The fourth-order valence-corrected chi connectivity index (χ4v) is 5.19. The number of hydrogen-bond donors (Lipinski definition) is 3. The molecule has 1 saturated heterocycles. The number of carbonyl (C=O) groups is 4. The first-order chi connectivity index (χ1) is 21.1. The molecule has 0 aliphatic carbocycles. The van der Waals surface area contributed by atoms with Crippen molar-refractivity contribution in [3.63, 3.8) is 0 Å². The van der Waals surface area contributed by atoms with E-state index in [2.05, 4.69) is 6.58 Å². The van der Waals surface area contributed by atoms with Crippen LogP contribution in [-0.4, -0.2) is 75.1 Å². The maximum Gasteiger partial charge on any atom is 0.377 e. The number of para-hydroxylation sites is 1. The normalized spacial score (nSPS) is 16.8. The largest absolute Gasteiger partial charge is 0.480 e. The molecule has 1 heterocycles. The molecule has 11 nitrogen and oxygen atoms in total. The van der Waals surface area contributed by atoms with Crippen LogP contribution in [0.15, 0.2) is 85.4 Å². The lowest BCUT2D eigenvalue weighted by atomic mass is 9.85. The minimum absolute atomic E-state index is 0.422. The van der Waals surface area contributed by atoms with Crippen LogP contribution in [0.5, 0.6) is 11.5 Å². The highest BCUT2D eigenvalue weighted by molar-refractivity contribution is 6.01. The SMILES string of the molecule is C=Cc1cc(C(CCc2ccccc2)C(C)N(CC(=O)O)C(=O)C2COC(C(=O)O)(C(=O)O)O2)ccc1Oc1ccccc1. The van der Waals surface area contributed by atoms with Crippen LogP contribution in [0.4, 0.5) is 0 Å². The first-order valence-corrected chi connectivity index (χ1v) is 13.9. The molecule has 0 saturated carbocycles. The Labute approximate surface area is 253 Å². The molecule has 3 unspecified atom stereocenters. The zero-order valence-corrected chi connectivity index (χ0v) is 24.0. The van der Waals surface area contributed by atoms with Crippen LogP contribution >= 0.6 is 0 Å². The second kappa shape index (κ2) is 14.0. The second-order valence-electron chi connectivity index (χ2n) is 10.3. The fraction of sp³-hybridized carbons (Fsp3) is 0.273. The summed E-state index contributed by atoms with van der Waals surface area (Å²) in [6.07, 6.45) is 1.09. The molecule has 3 atom stereocenters. The molecule has 3 N–H and O–H groups in total. The number of carbonyl (C=O) groups excluding carboxylic acids is 1. The summed E-state index contributed by atoms with van der Waals surface area (Å²) < 4.78 is 16.1. The number of amides is 1. The smallest absolute Gasteiger partial charge is 0.377 e. The third-order valence-electron chi connectivity index (χ3n) is 7.49. The summed E-state index contributed by atoms with van der Waals surface area (Å²) in [6.45, 7) is 4.19. The van der Waals surface area contributed by atoms with Crippen LogP contribution in [-0.2, 0) is 35.1 Å². The summed E-state index contributed by atoms with van der Waals surface area (Å²) in [5, 5.41) is 28.6. The molecule has 0 radical (unpaired) electrons. The van der Waals surface area contributed by atoms with E-state index in [0.717, 1.165) is 16.0 Å². The number of nitrogens with zero attached hydrogens (tertiary/aromatic N) is 1. The lowest BCUT2D eigenvalue weighted by Crippen LogP contribution is -2.52. The number of carboxylic acid groups (broad SMARTS) is 3. The van der Waals surface area contributed by atoms with Gasteiger partial charge >= 0.3 is 23.7 Å². The summed E-state index contributed by atoms with van der Waals surface area (Å²) in [4.78, 5) is 50.0. The van der Waals surface area contributed by atoms with Crippen molar-refractivity contribution in [3.8, 4) is 11.5 Å². The number of hydrogen-bond acceptors (Lipinski definition) is 7. The van der Waals surface area contributed by atoms with E-state index >= 15 is 0 Å².